The van der Waals surface area contributed by atoms with Gasteiger partial charge >= 0.3 is 0 Å². The molecule has 2 aromatic heterocycles. The van der Waals surface area contributed by atoms with E-state index in [9.17, 15) is 4.79 Å². The van der Waals surface area contributed by atoms with Crippen LogP contribution in [0, 0.1) is 6.92 Å². The third-order valence-corrected chi connectivity index (χ3v) is 4.92. The maximum atomic E-state index is 12.8. The normalized spacial score (nSPS) is 12.2. The van der Waals surface area contributed by atoms with Crippen LogP contribution in [0.4, 0.5) is 5.69 Å². The monoisotopic (exact) mass is 402 g/mol. The first kappa shape index (κ1) is 18.0. The predicted octanol–water partition coefficient (Wildman–Crippen LogP) is 3.69. The Balaban J connectivity index is 1.44. The molecule has 8 heteroatoms. The van der Waals surface area contributed by atoms with Crippen LogP contribution in [0.1, 0.15) is 15.9 Å². The van der Waals surface area contributed by atoms with Gasteiger partial charge in [-0.15, -0.1) is 5.10 Å². The van der Waals surface area contributed by atoms with Crippen LogP contribution in [-0.2, 0) is 0 Å². The third-order valence-electron chi connectivity index (χ3n) is 4.92. The summed E-state index contributed by atoms with van der Waals surface area (Å²) in [7, 11) is 1.57. The number of anilines is 1. The summed E-state index contributed by atoms with van der Waals surface area (Å²) in [4.78, 5) is 17.4. The standard InChI is InChI=1S/C22H18N4O4/c1-13-3-4-14(17-11-26-20(23-17)7-8-21(25-26)28-2)9-16(13)24-22(27)15-5-6-18-19(10-15)30-12-29-18/h3-11H,12H2,1-2H3,(H,24,27). The number of hydrogen-bond acceptors (Lipinski definition) is 6. The molecule has 0 fully saturated rings. The van der Waals surface area contributed by atoms with Crippen molar-refractivity contribution in [1.29, 1.82) is 0 Å². The summed E-state index contributed by atoms with van der Waals surface area (Å²) in [6, 6.07) is 14.5. The highest BCUT2D eigenvalue weighted by atomic mass is 16.7. The lowest BCUT2D eigenvalue weighted by Crippen LogP contribution is -2.12. The molecular formula is C22H18N4O4. The number of carbonyl (C=O) groups is 1. The molecule has 1 aliphatic heterocycles. The van der Waals surface area contributed by atoms with Crippen molar-refractivity contribution in [3.63, 3.8) is 0 Å². The van der Waals surface area contributed by atoms with E-state index in [4.69, 9.17) is 14.2 Å². The fraction of sp³-hybridized carbons (Fsp3) is 0.136. The lowest BCUT2D eigenvalue weighted by molar-refractivity contribution is 0.102. The van der Waals surface area contributed by atoms with Gasteiger partial charge in [-0.2, -0.15) is 0 Å². The number of fused-ring (bicyclic) bond motifs is 2. The molecule has 0 unspecified atom stereocenters. The molecule has 8 nitrogen and oxygen atoms in total. The number of nitrogens with zero attached hydrogens (tertiary/aromatic N) is 3. The van der Waals surface area contributed by atoms with Gasteiger partial charge in [-0.25, -0.2) is 9.50 Å². The summed E-state index contributed by atoms with van der Waals surface area (Å²) in [5.41, 5.74) is 4.46. The number of rotatable bonds is 4. The zero-order chi connectivity index (χ0) is 20.7. The number of aromatic nitrogens is 3. The van der Waals surface area contributed by atoms with Gasteiger partial charge in [0.25, 0.3) is 5.91 Å². The first-order chi connectivity index (χ1) is 14.6. The molecule has 30 heavy (non-hydrogen) atoms. The molecule has 0 spiro atoms. The minimum Gasteiger partial charge on any atom is -0.480 e. The summed E-state index contributed by atoms with van der Waals surface area (Å²) >= 11 is 0. The number of benzene rings is 2. The Morgan fingerprint density at radius 2 is 1.97 bits per heavy atom. The molecule has 0 saturated carbocycles. The fourth-order valence-electron chi connectivity index (χ4n) is 3.26. The molecule has 0 saturated heterocycles. The van der Waals surface area contributed by atoms with Crippen molar-refractivity contribution in [2.24, 2.45) is 0 Å². The molecule has 150 valence electrons. The van der Waals surface area contributed by atoms with Gasteiger partial charge in [0, 0.05) is 22.9 Å². The number of amides is 1. The second kappa shape index (κ2) is 7.07. The van der Waals surface area contributed by atoms with Gasteiger partial charge in [0.05, 0.1) is 19.0 Å². The molecule has 1 aliphatic rings. The molecular weight excluding hydrogens is 384 g/mol. The van der Waals surface area contributed by atoms with E-state index in [2.05, 4.69) is 15.4 Å². The molecule has 1 amide bonds. The van der Waals surface area contributed by atoms with E-state index in [1.165, 1.54) is 0 Å². The molecule has 2 aromatic carbocycles. The Kier molecular flexibility index (Phi) is 4.24. The maximum absolute atomic E-state index is 12.8. The SMILES string of the molecule is COc1ccc2nc(-c3ccc(C)c(NC(=O)c4ccc5c(c4)OCO5)c3)cn2n1. The van der Waals surface area contributed by atoms with Gasteiger partial charge in [-0.05, 0) is 42.8 Å². The van der Waals surface area contributed by atoms with Crippen LogP contribution >= 0.6 is 0 Å². The number of carbonyl (C=O) groups excluding carboxylic acids is 1. The van der Waals surface area contributed by atoms with Crippen molar-refractivity contribution in [3.8, 4) is 28.6 Å². The highest BCUT2D eigenvalue weighted by Crippen LogP contribution is 2.33. The van der Waals surface area contributed by atoms with Crippen LogP contribution in [-0.4, -0.2) is 34.4 Å². The van der Waals surface area contributed by atoms with Crippen molar-refractivity contribution in [3.05, 3.63) is 65.9 Å². The van der Waals surface area contributed by atoms with E-state index < -0.39 is 0 Å². The van der Waals surface area contributed by atoms with Crippen molar-refractivity contribution in [2.45, 2.75) is 6.92 Å². The molecule has 3 heterocycles. The molecule has 0 radical (unpaired) electrons. The zero-order valence-electron chi connectivity index (χ0n) is 16.4. The average molecular weight is 402 g/mol. The second-order valence-electron chi connectivity index (χ2n) is 6.86. The van der Waals surface area contributed by atoms with Crippen molar-refractivity contribution < 1.29 is 19.0 Å². The van der Waals surface area contributed by atoms with E-state index in [0.717, 1.165) is 16.8 Å². The van der Waals surface area contributed by atoms with E-state index in [1.807, 2.05) is 37.4 Å². The second-order valence-corrected chi connectivity index (χ2v) is 6.86. The molecule has 1 N–H and O–H groups in total. The predicted molar refractivity (Wildman–Crippen MR) is 110 cm³/mol. The van der Waals surface area contributed by atoms with E-state index in [0.29, 0.717) is 34.3 Å². The molecule has 0 aliphatic carbocycles. The number of nitrogens with one attached hydrogen (secondary N) is 1. The Hall–Kier alpha value is -4.07. The average Bonchev–Trinajstić information content (AvgIpc) is 3.40. The smallest absolute Gasteiger partial charge is 0.255 e. The third kappa shape index (κ3) is 3.18. The lowest BCUT2D eigenvalue weighted by Gasteiger charge is -2.10. The van der Waals surface area contributed by atoms with Gasteiger partial charge in [0.15, 0.2) is 17.1 Å². The summed E-state index contributed by atoms with van der Waals surface area (Å²) in [5, 5.41) is 7.31. The summed E-state index contributed by atoms with van der Waals surface area (Å²) < 4.78 is 17.5. The summed E-state index contributed by atoms with van der Waals surface area (Å²) in [5.74, 6) is 1.49. The molecule has 0 atom stereocenters. The number of hydrogen-bond donors (Lipinski definition) is 1. The quantitative estimate of drug-likeness (QED) is 0.560. The van der Waals surface area contributed by atoms with Gasteiger partial charge < -0.3 is 19.5 Å². The fourth-order valence-corrected chi connectivity index (χ4v) is 3.26. The highest BCUT2D eigenvalue weighted by Gasteiger charge is 2.17. The van der Waals surface area contributed by atoms with Gasteiger partial charge in [0.2, 0.25) is 12.7 Å². The van der Waals surface area contributed by atoms with Crippen LogP contribution in [0.5, 0.6) is 17.4 Å². The van der Waals surface area contributed by atoms with Gasteiger partial charge in [-0.1, -0.05) is 12.1 Å². The largest absolute Gasteiger partial charge is 0.480 e. The van der Waals surface area contributed by atoms with Crippen LogP contribution in [0.3, 0.4) is 0 Å². The van der Waals surface area contributed by atoms with Crippen LogP contribution < -0.4 is 19.5 Å². The minimum absolute atomic E-state index is 0.168. The van der Waals surface area contributed by atoms with Crippen molar-refractivity contribution in [2.75, 3.05) is 19.2 Å². The number of aryl methyl sites for hydroxylation is 1. The minimum atomic E-state index is -0.227. The Labute approximate surface area is 172 Å². The summed E-state index contributed by atoms with van der Waals surface area (Å²) in [6.07, 6.45) is 1.83. The number of ether oxygens (including phenoxy) is 3. The lowest BCUT2D eigenvalue weighted by atomic mass is 10.1. The van der Waals surface area contributed by atoms with Crippen LogP contribution in [0.2, 0.25) is 0 Å². The van der Waals surface area contributed by atoms with Crippen molar-refractivity contribution in [1.82, 2.24) is 14.6 Å². The van der Waals surface area contributed by atoms with Crippen LogP contribution in [0.15, 0.2) is 54.7 Å². The van der Waals surface area contributed by atoms with E-state index >= 15 is 0 Å². The number of methoxy groups -OCH3 is 1. The first-order valence-electron chi connectivity index (χ1n) is 9.33. The Bertz CT molecular complexity index is 1280. The Morgan fingerprint density at radius 1 is 1.10 bits per heavy atom. The Morgan fingerprint density at radius 3 is 2.83 bits per heavy atom. The van der Waals surface area contributed by atoms with E-state index in [-0.39, 0.29) is 12.7 Å². The molecule has 0 bridgehead atoms. The maximum Gasteiger partial charge on any atom is 0.255 e. The van der Waals surface area contributed by atoms with Crippen molar-refractivity contribution >= 4 is 17.2 Å². The first-order valence-corrected chi connectivity index (χ1v) is 9.33. The molecule has 5 rings (SSSR count). The zero-order valence-corrected chi connectivity index (χ0v) is 16.4. The summed E-state index contributed by atoms with van der Waals surface area (Å²) in [6.45, 7) is 2.11. The van der Waals surface area contributed by atoms with Crippen LogP contribution in [0.25, 0.3) is 16.9 Å². The van der Waals surface area contributed by atoms with E-state index in [1.54, 1.807) is 35.9 Å². The number of imidazole rings is 1. The van der Waals surface area contributed by atoms with Gasteiger partial charge in [0.1, 0.15) is 0 Å². The molecule has 4 aromatic rings. The highest BCUT2D eigenvalue weighted by molar-refractivity contribution is 6.05. The van der Waals surface area contributed by atoms with Gasteiger partial charge in [-0.3, -0.25) is 4.79 Å². The topological polar surface area (TPSA) is 87.0 Å².